The van der Waals surface area contributed by atoms with Gasteiger partial charge < -0.3 is 10.7 Å². The third-order valence-electron chi connectivity index (χ3n) is 3.79. The van der Waals surface area contributed by atoms with Gasteiger partial charge in [0.2, 0.25) is 0 Å². The van der Waals surface area contributed by atoms with Gasteiger partial charge in [0.1, 0.15) is 0 Å². The third-order valence-corrected chi connectivity index (χ3v) is 5.64. The summed E-state index contributed by atoms with van der Waals surface area (Å²) < 4.78 is 1.16. The molecule has 1 aromatic carbocycles. The van der Waals surface area contributed by atoms with Gasteiger partial charge in [0, 0.05) is 15.4 Å². The van der Waals surface area contributed by atoms with Gasteiger partial charge in [-0.1, -0.05) is 11.6 Å². The number of aromatic nitrogens is 1. The maximum Gasteiger partial charge on any atom is 0.0650 e. The van der Waals surface area contributed by atoms with Crippen molar-refractivity contribution < 1.29 is 0 Å². The fourth-order valence-corrected chi connectivity index (χ4v) is 4.33. The molecule has 0 radical (unpaired) electrons. The quantitative estimate of drug-likeness (QED) is 0.598. The molecule has 0 amide bonds. The molecule has 21 heavy (non-hydrogen) atoms. The van der Waals surface area contributed by atoms with E-state index in [0.717, 1.165) is 30.3 Å². The minimum atomic E-state index is 0.763. The Hall–Kier alpha value is -1.10. The summed E-state index contributed by atoms with van der Waals surface area (Å²) in [6.45, 7) is 2.91. The molecule has 0 aliphatic heterocycles. The molecule has 2 nitrogen and oxygen atoms in total. The molecule has 0 atom stereocenters. The normalized spacial score (nSPS) is 11.4. The number of nitrogens with two attached hydrogens (primary N) is 1. The Morgan fingerprint density at radius 3 is 2.81 bits per heavy atom. The molecule has 0 aliphatic rings. The molecule has 4 heteroatoms. The Morgan fingerprint density at radius 1 is 1.24 bits per heavy atom. The third kappa shape index (κ3) is 2.93. The molecule has 0 unspecified atom stereocenters. The number of aryl methyl sites for hydroxylation is 2. The van der Waals surface area contributed by atoms with Crippen LogP contribution in [0.4, 0.5) is 0 Å². The summed E-state index contributed by atoms with van der Waals surface area (Å²) in [5, 5.41) is 3.47. The van der Waals surface area contributed by atoms with Crippen molar-refractivity contribution in [1.29, 1.82) is 0 Å². The van der Waals surface area contributed by atoms with Crippen LogP contribution in [0.2, 0.25) is 0 Å². The van der Waals surface area contributed by atoms with Crippen LogP contribution >= 0.6 is 27.3 Å². The van der Waals surface area contributed by atoms with Gasteiger partial charge in [0.15, 0.2) is 0 Å². The molecule has 0 spiro atoms. The number of thiophene rings is 1. The van der Waals surface area contributed by atoms with Crippen LogP contribution in [0.5, 0.6) is 0 Å². The van der Waals surface area contributed by atoms with Gasteiger partial charge in [-0.05, 0) is 77.8 Å². The maximum absolute atomic E-state index is 5.65. The summed E-state index contributed by atoms with van der Waals surface area (Å²) in [6.07, 6.45) is 3.28. The topological polar surface area (TPSA) is 41.8 Å². The van der Waals surface area contributed by atoms with E-state index in [-0.39, 0.29) is 0 Å². The highest BCUT2D eigenvalue weighted by Gasteiger charge is 2.16. The number of fused-ring (bicyclic) bond motifs is 1. The van der Waals surface area contributed by atoms with Crippen LogP contribution in [0.3, 0.4) is 0 Å². The van der Waals surface area contributed by atoms with Gasteiger partial charge in [0.25, 0.3) is 0 Å². The average Bonchev–Trinajstić information content (AvgIpc) is 3.03. The summed E-state index contributed by atoms with van der Waals surface area (Å²) in [4.78, 5) is 4.89. The average molecular weight is 363 g/mol. The molecule has 0 bridgehead atoms. The van der Waals surface area contributed by atoms with Gasteiger partial charge >= 0.3 is 0 Å². The van der Waals surface area contributed by atoms with Crippen LogP contribution in [0, 0.1) is 6.92 Å². The van der Waals surface area contributed by atoms with E-state index < -0.39 is 0 Å². The van der Waals surface area contributed by atoms with Crippen LogP contribution in [-0.2, 0) is 6.42 Å². The molecule has 3 aromatic rings. The lowest BCUT2D eigenvalue weighted by Gasteiger charge is -2.04. The first kappa shape index (κ1) is 14.8. The van der Waals surface area contributed by atoms with Crippen molar-refractivity contribution in [1.82, 2.24) is 4.98 Å². The lowest BCUT2D eigenvalue weighted by molar-refractivity contribution is 0.748. The van der Waals surface area contributed by atoms with E-state index in [9.17, 15) is 0 Å². The van der Waals surface area contributed by atoms with Crippen molar-refractivity contribution in [3.05, 3.63) is 45.2 Å². The molecule has 2 heterocycles. The zero-order valence-electron chi connectivity index (χ0n) is 12.1. The van der Waals surface area contributed by atoms with Gasteiger partial charge in [-0.15, -0.1) is 11.3 Å². The van der Waals surface area contributed by atoms with Crippen LogP contribution in [0.25, 0.3) is 21.5 Å². The van der Waals surface area contributed by atoms with Crippen molar-refractivity contribution in [2.45, 2.75) is 26.2 Å². The summed E-state index contributed by atoms with van der Waals surface area (Å²) in [6, 6.07) is 8.74. The van der Waals surface area contributed by atoms with Crippen molar-refractivity contribution in [3.63, 3.8) is 0 Å². The Bertz CT molecular complexity index is 757. The Labute approximate surface area is 137 Å². The number of nitrogens with one attached hydrogen (secondary N) is 1. The second-order valence-corrected chi connectivity index (χ2v) is 7.14. The lowest BCUT2D eigenvalue weighted by atomic mass is 10.0. The maximum atomic E-state index is 5.65. The van der Waals surface area contributed by atoms with E-state index in [1.807, 2.05) is 0 Å². The molecular weight excluding hydrogens is 344 g/mol. The highest BCUT2D eigenvalue weighted by Crippen LogP contribution is 2.38. The number of unbranched alkanes of at least 4 members (excludes halogenated alkanes) is 1. The number of halogens is 1. The standard InChI is InChI=1S/C17H19BrN2S/c1-11-5-6-15-13(10-11)12(4-2-3-8-19)16(20-15)17-14(18)7-9-21-17/h5-7,9-10,20H,2-4,8,19H2,1H3. The number of H-pyrrole nitrogens is 1. The Kier molecular flexibility index (Phi) is 4.48. The number of aromatic amines is 1. The number of hydrogen-bond acceptors (Lipinski definition) is 2. The smallest absolute Gasteiger partial charge is 0.0650 e. The van der Waals surface area contributed by atoms with Gasteiger partial charge in [0.05, 0.1) is 10.6 Å². The van der Waals surface area contributed by atoms with Crippen LogP contribution in [0.1, 0.15) is 24.0 Å². The van der Waals surface area contributed by atoms with Crippen LogP contribution < -0.4 is 5.73 Å². The van der Waals surface area contributed by atoms with E-state index in [0.29, 0.717) is 0 Å². The predicted octanol–water partition coefficient (Wildman–Crippen LogP) is 5.25. The highest BCUT2D eigenvalue weighted by atomic mass is 79.9. The van der Waals surface area contributed by atoms with E-state index >= 15 is 0 Å². The van der Waals surface area contributed by atoms with Crippen molar-refractivity contribution in [2.75, 3.05) is 6.54 Å². The first-order valence-electron chi connectivity index (χ1n) is 7.25. The van der Waals surface area contributed by atoms with Gasteiger partial charge in [-0.25, -0.2) is 0 Å². The van der Waals surface area contributed by atoms with Gasteiger partial charge in [-0.3, -0.25) is 0 Å². The molecular formula is C17H19BrN2S. The molecule has 2 aromatic heterocycles. The molecule has 3 N–H and O–H groups in total. The predicted molar refractivity (Wildman–Crippen MR) is 96.0 cm³/mol. The first-order valence-corrected chi connectivity index (χ1v) is 8.92. The molecule has 0 saturated carbocycles. The van der Waals surface area contributed by atoms with E-state index in [2.05, 4.69) is 57.5 Å². The molecule has 3 rings (SSSR count). The Balaban J connectivity index is 2.13. The first-order chi connectivity index (χ1) is 10.2. The van der Waals surface area contributed by atoms with Gasteiger partial charge in [-0.2, -0.15) is 0 Å². The number of benzene rings is 1. The summed E-state index contributed by atoms with van der Waals surface area (Å²) in [5.41, 5.74) is 10.9. The minimum absolute atomic E-state index is 0.763. The summed E-state index contributed by atoms with van der Waals surface area (Å²) in [7, 11) is 0. The molecule has 0 saturated heterocycles. The molecule has 0 fully saturated rings. The zero-order valence-corrected chi connectivity index (χ0v) is 14.5. The fourth-order valence-electron chi connectivity index (χ4n) is 2.73. The zero-order chi connectivity index (χ0) is 14.8. The van der Waals surface area contributed by atoms with Crippen molar-refractivity contribution >= 4 is 38.2 Å². The fraction of sp³-hybridized carbons (Fsp3) is 0.294. The Morgan fingerprint density at radius 2 is 2.10 bits per heavy atom. The second-order valence-electron chi connectivity index (χ2n) is 5.37. The minimum Gasteiger partial charge on any atom is -0.354 e. The van der Waals surface area contributed by atoms with E-state index in [1.165, 1.54) is 32.6 Å². The largest absolute Gasteiger partial charge is 0.354 e. The van der Waals surface area contributed by atoms with Crippen LogP contribution in [0.15, 0.2) is 34.1 Å². The molecule has 110 valence electrons. The monoisotopic (exact) mass is 362 g/mol. The molecule has 0 aliphatic carbocycles. The lowest BCUT2D eigenvalue weighted by Crippen LogP contribution is -1.99. The summed E-state index contributed by atoms with van der Waals surface area (Å²) in [5.74, 6) is 0. The van der Waals surface area contributed by atoms with Crippen molar-refractivity contribution in [3.8, 4) is 10.6 Å². The van der Waals surface area contributed by atoms with Crippen molar-refractivity contribution in [2.24, 2.45) is 5.73 Å². The van der Waals surface area contributed by atoms with E-state index in [4.69, 9.17) is 5.73 Å². The number of rotatable bonds is 5. The van der Waals surface area contributed by atoms with Crippen LogP contribution in [-0.4, -0.2) is 11.5 Å². The number of hydrogen-bond donors (Lipinski definition) is 2. The van der Waals surface area contributed by atoms with E-state index in [1.54, 1.807) is 11.3 Å². The summed E-state index contributed by atoms with van der Waals surface area (Å²) >= 11 is 5.43. The second kappa shape index (κ2) is 6.34. The highest BCUT2D eigenvalue weighted by molar-refractivity contribution is 9.10. The SMILES string of the molecule is Cc1ccc2[nH]c(-c3sccc3Br)c(CCCCN)c2c1.